The maximum Gasteiger partial charge on any atom is 0.258 e. The van der Waals surface area contributed by atoms with Crippen LogP contribution in [-0.2, 0) is 11.2 Å². The molecule has 0 aliphatic heterocycles. The topological polar surface area (TPSA) is 124 Å². The first-order chi connectivity index (χ1) is 15.5. The second kappa shape index (κ2) is 9.20. The Labute approximate surface area is 186 Å². The van der Waals surface area contributed by atoms with E-state index in [-0.39, 0.29) is 17.9 Å². The highest BCUT2D eigenvalue weighted by Gasteiger charge is 2.27. The molecular weight excluding hydrogens is 406 g/mol. The lowest BCUT2D eigenvalue weighted by molar-refractivity contribution is -0.123. The van der Waals surface area contributed by atoms with Crippen molar-refractivity contribution in [3.05, 3.63) is 53.1 Å². The first-order valence-corrected chi connectivity index (χ1v) is 10.6. The Morgan fingerprint density at radius 3 is 2.94 bits per heavy atom. The standard InChI is InChI=1S/C24H25N5O3/c1-14(2)27-21-9-7-15(10-17(21)11-25)24-28-23(29-32-24)20-5-3-4-18-16(6-8-19(18)20)12-26-22(31)13-30/h3-5,7,9-10,14,16,27,30H,6,8,12-13H2,1-2H3,(H,26,31). The monoisotopic (exact) mass is 431 g/mol. The number of carbonyl (C=O) groups excluding carboxylic acids is 1. The highest BCUT2D eigenvalue weighted by Crippen LogP contribution is 2.38. The smallest absolute Gasteiger partial charge is 0.258 e. The molecule has 32 heavy (non-hydrogen) atoms. The van der Waals surface area contributed by atoms with Gasteiger partial charge in [-0.05, 0) is 56.0 Å². The molecule has 1 aliphatic carbocycles. The molecule has 8 heteroatoms. The third-order valence-corrected chi connectivity index (χ3v) is 5.58. The highest BCUT2D eigenvalue weighted by molar-refractivity contribution is 5.77. The van der Waals surface area contributed by atoms with Crippen LogP contribution in [0, 0.1) is 11.3 Å². The Morgan fingerprint density at radius 1 is 1.34 bits per heavy atom. The van der Waals surface area contributed by atoms with Gasteiger partial charge < -0.3 is 20.3 Å². The summed E-state index contributed by atoms with van der Waals surface area (Å²) in [5.74, 6) is 0.671. The molecule has 2 aromatic carbocycles. The SMILES string of the molecule is CC(C)Nc1ccc(-c2nc(-c3cccc4c3CCC4CNC(=O)CO)no2)cc1C#N. The predicted molar refractivity (Wildman–Crippen MR) is 120 cm³/mol. The molecule has 3 N–H and O–H groups in total. The van der Waals surface area contributed by atoms with Gasteiger partial charge in [0, 0.05) is 29.6 Å². The molecule has 0 bridgehead atoms. The van der Waals surface area contributed by atoms with Gasteiger partial charge in [0.15, 0.2) is 0 Å². The quantitative estimate of drug-likeness (QED) is 0.524. The summed E-state index contributed by atoms with van der Waals surface area (Å²) in [5.41, 5.74) is 5.19. The maximum atomic E-state index is 11.4. The van der Waals surface area contributed by atoms with Crippen LogP contribution in [0.15, 0.2) is 40.9 Å². The number of carbonyl (C=O) groups is 1. The second-order valence-corrected chi connectivity index (χ2v) is 8.17. The molecular formula is C24H25N5O3. The van der Waals surface area contributed by atoms with Crippen molar-refractivity contribution in [2.45, 2.75) is 38.6 Å². The zero-order chi connectivity index (χ0) is 22.7. The fraction of sp³-hybridized carbons (Fsp3) is 0.333. The van der Waals surface area contributed by atoms with Crippen LogP contribution >= 0.6 is 0 Å². The lowest BCUT2D eigenvalue weighted by Gasteiger charge is -2.13. The van der Waals surface area contributed by atoms with Gasteiger partial charge in [-0.1, -0.05) is 23.4 Å². The summed E-state index contributed by atoms with van der Waals surface area (Å²) >= 11 is 0. The summed E-state index contributed by atoms with van der Waals surface area (Å²) < 4.78 is 5.53. The molecule has 1 amide bonds. The van der Waals surface area contributed by atoms with Gasteiger partial charge >= 0.3 is 0 Å². The van der Waals surface area contributed by atoms with Gasteiger partial charge in [0.1, 0.15) is 12.7 Å². The summed E-state index contributed by atoms with van der Waals surface area (Å²) in [6.07, 6.45) is 1.75. The fourth-order valence-corrected chi connectivity index (χ4v) is 4.11. The summed E-state index contributed by atoms with van der Waals surface area (Å²) in [6, 6.07) is 13.9. The number of nitrogens with one attached hydrogen (secondary N) is 2. The van der Waals surface area contributed by atoms with Crippen LogP contribution in [0.1, 0.15) is 42.9 Å². The first kappa shape index (κ1) is 21.5. The van der Waals surface area contributed by atoms with Crippen molar-refractivity contribution in [3.8, 4) is 28.9 Å². The van der Waals surface area contributed by atoms with E-state index in [1.165, 1.54) is 0 Å². The van der Waals surface area contributed by atoms with Crippen molar-refractivity contribution in [1.82, 2.24) is 15.5 Å². The van der Waals surface area contributed by atoms with Crippen molar-refractivity contribution in [2.24, 2.45) is 0 Å². The molecule has 1 unspecified atom stereocenters. The number of benzene rings is 2. The molecule has 164 valence electrons. The number of anilines is 1. The number of hydrogen-bond acceptors (Lipinski definition) is 7. The average molecular weight is 431 g/mol. The Balaban J connectivity index is 1.60. The van der Waals surface area contributed by atoms with Gasteiger partial charge in [0.25, 0.3) is 5.89 Å². The van der Waals surface area contributed by atoms with Crippen LogP contribution in [0.3, 0.4) is 0 Å². The zero-order valence-corrected chi connectivity index (χ0v) is 18.1. The van der Waals surface area contributed by atoms with E-state index in [2.05, 4.69) is 32.9 Å². The van der Waals surface area contributed by atoms with Crippen LogP contribution in [0.2, 0.25) is 0 Å². The molecule has 8 nitrogen and oxygen atoms in total. The van der Waals surface area contributed by atoms with E-state index >= 15 is 0 Å². The minimum Gasteiger partial charge on any atom is -0.387 e. The Kier molecular flexibility index (Phi) is 6.19. The molecule has 4 rings (SSSR count). The van der Waals surface area contributed by atoms with Gasteiger partial charge in [-0.2, -0.15) is 10.2 Å². The average Bonchev–Trinajstić information content (AvgIpc) is 3.44. The molecule has 1 aliphatic rings. The van der Waals surface area contributed by atoms with Crippen molar-refractivity contribution in [3.63, 3.8) is 0 Å². The summed E-state index contributed by atoms with van der Waals surface area (Å²) in [6.45, 7) is 4.01. The van der Waals surface area contributed by atoms with E-state index < -0.39 is 6.61 Å². The fourth-order valence-electron chi connectivity index (χ4n) is 4.11. The number of aliphatic hydroxyl groups excluding tert-OH is 1. The number of nitriles is 1. The van der Waals surface area contributed by atoms with Gasteiger partial charge in [0.05, 0.1) is 11.3 Å². The molecule has 0 saturated heterocycles. The zero-order valence-electron chi connectivity index (χ0n) is 18.1. The molecule has 0 saturated carbocycles. The molecule has 0 spiro atoms. The van der Waals surface area contributed by atoms with Gasteiger partial charge in [-0.3, -0.25) is 4.79 Å². The van der Waals surface area contributed by atoms with Crippen molar-refractivity contribution < 1.29 is 14.4 Å². The van der Waals surface area contributed by atoms with E-state index in [1.54, 1.807) is 6.07 Å². The molecule has 1 heterocycles. The summed E-state index contributed by atoms with van der Waals surface area (Å²) in [5, 5.41) is 28.6. The summed E-state index contributed by atoms with van der Waals surface area (Å²) in [4.78, 5) is 16.0. The lowest BCUT2D eigenvalue weighted by atomic mass is 9.98. The maximum absolute atomic E-state index is 11.4. The van der Waals surface area contributed by atoms with Gasteiger partial charge in [-0.25, -0.2) is 0 Å². The molecule has 3 aromatic rings. The van der Waals surface area contributed by atoms with Crippen LogP contribution in [0.4, 0.5) is 5.69 Å². The number of amides is 1. The number of hydrogen-bond donors (Lipinski definition) is 3. The number of rotatable bonds is 7. The third kappa shape index (κ3) is 4.34. The van der Waals surface area contributed by atoms with Crippen molar-refractivity contribution in [1.29, 1.82) is 5.26 Å². The van der Waals surface area contributed by atoms with Crippen molar-refractivity contribution in [2.75, 3.05) is 18.5 Å². The van der Waals surface area contributed by atoms with Gasteiger partial charge in [0.2, 0.25) is 11.7 Å². The Hall–Kier alpha value is -3.70. The Morgan fingerprint density at radius 2 is 2.19 bits per heavy atom. The lowest BCUT2D eigenvalue weighted by Crippen LogP contribution is -2.29. The van der Waals surface area contributed by atoms with E-state index in [4.69, 9.17) is 9.63 Å². The second-order valence-electron chi connectivity index (χ2n) is 8.17. The summed E-state index contributed by atoms with van der Waals surface area (Å²) in [7, 11) is 0. The Bertz CT molecular complexity index is 1180. The number of nitrogens with zero attached hydrogens (tertiary/aromatic N) is 3. The largest absolute Gasteiger partial charge is 0.387 e. The molecule has 0 radical (unpaired) electrons. The predicted octanol–water partition coefficient (Wildman–Crippen LogP) is 3.23. The van der Waals surface area contributed by atoms with Crippen LogP contribution in [0.5, 0.6) is 0 Å². The van der Waals surface area contributed by atoms with Crippen LogP contribution < -0.4 is 10.6 Å². The highest BCUT2D eigenvalue weighted by atomic mass is 16.5. The van der Waals surface area contributed by atoms with E-state index in [0.29, 0.717) is 29.4 Å². The third-order valence-electron chi connectivity index (χ3n) is 5.58. The minimum absolute atomic E-state index is 0.186. The van der Waals surface area contributed by atoms with Gasteiger partial charge in [-0.15, -0.1) is 0 Å². The van der Waals surface area contributed by atoms with Crippen LogP contribution in [0.25, 0.3) is 22.8 Å². The normalized spacial score (nSPS) is 14.8. The van der Waals surface area contributed by atoms with Crippen molar-refractivity contribution >= 4 is 11.6 Å². The molecule has 0 fully saturated rings. The number of aromatic nitrogens is 2. The molecule has 1 atom stereocenters. The minimum atomic E-state index is -0.507. The van der Waals surface area contributed by atoms with E-state index in [1.807, 2.05) is 38.1 Å². The number of fused-ring (bicyclic) bond motifs is 1. The van der Waals surface area contributed by atoms with Crippen LogP contribution in [-0.4, -0.2) is 40.3 Å². The number of aliphatic hydroxyl groups is 1. The van der Waals surface area contributed by atoms with E-state index in [9.17, 15) is 10.1 Å². The molecule has 1 aromatic heterocycles. The van der Waals surface area contributed by atoms with E-state index in [0.717, 1.165) is 35.2 Å². The first-order valence-electron chi connectivity index (χ1n) is 10.6.